The Labute approximate surface area is 196 Å². The molecule has 9 heteroatoms. The van der Waals surface area contributed by atoms with E-state index in [1.165, 1.54) is 18.1 Å². The summed E-state index contributed by atoms with van der Waals surface area (Å²) >= 11 is 14.7. The summed E-state index contributed by atoms with van der Waals surface area (Å²) in [6, 6.07) is 15.7. The minimum Gasteiger partial charge on any atom is -0.495 e. The zero-order valence-corrected chi connectivity index (χ0v) is 19.2. The average molecular weight is 518 g/mol. The second-order valence-corrected chi connectivity index (χ2v) is 8.11. The number of furan rings is 1. The number of carbonyl (C=O) groups is 2. The van der Waals surface area contributed by atoms with E-state index in [9.17, 15) is 9.59 Å². The second kappa shape index (κ2) is 8.66. The molecule has 4 rings (SSSR count). The number of thiocarbonyl (C=S) groups is 1. The average Bonchev–Trinajstić information content (AvgIpc) is 3.22. The standard InChI is InChI=1S/C22H14BrClN2O4S/c1-29-19-5-3-2-4-17(19)26-21(28)14(20(27)25-22(26)31)11-13-7-9-18(30-13)12-6-8-15(23)16(24)10-12/h2-11H,1H3,(H,25,27,31)/b14-11+. The molecule has 2 heterocycles. The molecule has 6 nitrogen and oxygen atoms in total. The fourth-order valence-electron chi connectivity index (χ4n) is 3.07. The number of hydrogen-bond donors (Lipinski definition) is 1. The molecule has 0 saturated carbocycles. The van der Waals surface area contributed by atoms with Crippen molar-refractivity contribution >= 4 is 68.4 Å². The Bertz CT molecular complexity index is 1250. The highest BCUT2D eigenvalue weighted by Gasteiger charge is 2.36. The Morgan fingerprint density at radius 2 is 1.94 bits per heavy atom. The minimum absolute atomic E-state index is 0.0266. The molecule has 0 unspecified atom stereocenters. The Kier molecular flexibility index (Phi) is 5.95. The number of halogens is 2. The molecule has 0 aliphatic carbocycles. The smallest absolute Gasteiger partial charge is 0.270 e. The van der Waals surface area contributed by atoms with Gasteiger partial charge in [0.25, 0.3) is 11.8 Å². The van der Waals surface area contributed by atoms with Crippen LogP contribution in [0.15, 0.2) is 69.1 Å². The van der Waals surface area contributed by atoms with E-state index in [2.05, 4.69) is 21.2 Å². The number of ether oxygens (including phenoxy) is 1. The summed E-state index contributed by atoms with van der Waals surface area (Å²) in [4.78, 5) is 26.9. The number of methoxy groups -OCH3 is 1. The lowest BCUT2D eigenvalue weighted by Gasteiger charge is -2.29. The molecule has 0 radical (unpaired) electrons. The van der Waals surface area contributed by atoms with Gasteiger partial charge in [0.2, 0.25) is 0 Å². The summed E-state index contributed by atoms with van der Waals surface area (Å²) in [5.74, 6) is 0.136. The monoisotopic (exact) mass is 516 g/mol. The van der Waals surface area contributed by atoms with Crippen LogP contribution in [0, 0.1) is 0 Å². The zero-order chi connectivity index (χ0) is 22.1. The Morgan fingerprint density at radius 1 is 1.16 bits per heavy atom. The van der Waals surface area contributed by atoms with E-state index in [1.807, 2.05) is 12.1 Å². The number of amides is 2. The molecular formula is C22H14BrClN2O4S. The van der Waals surface area contributed by atoms with Gasteiger partial charge in [-0.25, -0.2) is 4.90 Å². The molecule has 3 aromatic rings. The van der Waals surface area contributed by atoms with Gasteiger partial charge >= 0.3 is 0 Å². The van der Waals surface area contributed by atoms with Crippen LogP contribution in [0.3, 0.4) is 0 Å². The van der Waals surface area contributed by atoms with Crippen molar-refractivity contribution in [3.8, 4) is 17.1 Å². The Balaban J connectivity index is 1.69. The van der Waals surface area contributed by atoms with Crippen molar-refractivity contribution in [1.82, 2.24) is 5.32 Å². The van der Waals surface area contributed by atoms with E-state index in [0.717, 1.165) is 10.0 Å². The third kappa shape index (κ3) is 4.14. The van der Waals surface area contributed by atoms with Gasteiger partial charge in [0.05, 0.1) is 17.8 Å². The quantitative estimate of drug-likeness (QED) is 0.292. The van der Waals surface area contributed by atoms with Crippen molar-refractivity contribution in [2.75, 3.05) is 12.0 Å². The molecule has 156 valence electrons. The van der Waals surface area contributed by atoms with Crippen LogP contribution in [0.25, 0.3) is 17.4 Å². The molecule has 2 amide bonds. The highest BCUT2D eigenvalue weighted by Crippen LogP contribution is 2.32. The van der Waals surface area contributed by atoms with Crippen LogP contribution >= 0.6 is 39.7 Å². The van der Waals surface area contributed by atoms with Crippen LogP contribution in [0.5, 0.6) is 5.75 Å². The zero-order valence-electron chi connectivity index (χ0n) is 16.0. The van der Waals surface area contributed by atoms with Gasteiger partial charge in [-0.1, -0.05) is 29.8 Å². The summed E-state index contributed by atoms with van der Waals surface area (Å²) < 4.78 is 11.9. The fraction of sp³-hybridized carbons (Fsp3) is 0.0455. The maximum absolute atomic E-state index is 13.2. The number of nitrogens with one attached hydrogen (secondary N) is 1. The van der Waals surface area contributed by atoms with Gasteiger partial charge in [-0.2, -0.15) is 0 Å². The van der Waals surface area contributed by atoms with E-state index in [4.69, 9.17) is 33.0 Å². The summed E-state index contributed by atoms with van der Waals surface area (Å²) in [6.07, 6.45) is 1.38. The number of para-hydroxylation sites is 2. The van der Waals surface area contributed by atoms with E-state index in [-0.39, 0.29) is 10.7 Å². The van der Waals surface area contributed by atoms with Crippen LogP contribution < -0.4 is 15.0 Å². The van der Waals surface area contributed by atoms with Crippen LogP contribution in [-0.4, -0.2) is 24.0 Å². The van der Waals surface area contributed by atoms with Gasteiger partial charge in [-0.3, -0.25) is 14.9 Å². The first-order valence-electron chi connectivity index (χ1n) is 8.99. The molecule has 1 saturated heterocycles. The molecule has 0 atom stereocenters. The molecule has 1 aliphatic heterocycles. The van der Waals surface area contributed by atoms with Crippen molar-refractivity contribution in [2.24, 2.45) is 0 Å². The van der Waals surface area contributed by atoms with Crippen molar-refractivity contribution in [2.45, 2.75) is 0 Å². The molecule has 1 fully saturated rings. The fourth-order valence-corrected chi connectivity index (χ4v) is 3.77. The third-order valence-electron chi connectivity index (χ3n) is 4.55. The first kappa shape index (κ1) is 21.3. The Hall–Kier alpha value is -2.94. The molecular weight excluding hydrogens is 504 g/mol. The minimum atomic E-state index is -0.606. The van der Waals surface area contributed by atoms with Crippen LogP contribution in [0.1, 0.15) is 5.76 Å². The molecule has 1 aromatic heterocycles. The topological polar surface area (TPSA) is 71.8 Å². The number of rotatable bonds is 4. The molecule has 0 spiro atoms. The summed E-state index contributed by atoms with van der Waals surface area (Å²) in [5, 5.41) is 3.05. The number of hydrogen-bond acceptors (Lipinski definition) is 5. The number of nitrogens with zero attached hydrogens (tertiary/aromatic N) is 1. The Morgan fingerprint density at radius 3 is 2.68 bits per heavy atom. The summed E-state index contributed by atoms with van der Waals surface area (Å²) in [7, 11) is 1.49. The van der Waals surface area contributed by atoms with Crippen LogP contribution in [-0.2, 0) is 9.59 Å². The molecule has 1 N–H and O–H groups in total. The van der Waals surface area contributed by atoms with Gasteiger partial charge in [0.15, 0.2) is 5.11 Å². The van der Waals surface area contributed by atoms with Crippen molar-refractivity contribution in [3.63, 3.8) is 0 Å². The molecule has 2 aromatic carbocycles. The number of anilines is 1. The van der Waals surface area contributed by atoms with Gasteiger partial charge in [-0.15, -0.1) is 0 Å². The first-order chi connectivity index (χ1) is 14.9. The molecule has 0 bridgehead atoms. The summed E-state index contributed by atoms with van der Waals surface area (Å²) in [6.45, 7) is 0. The van der Waals surface area contributed by atoms with E-state index in [1.54, 1.807) is 42.5 Å². The maximum Gasteiger partial charge on any atom is 0.270 e. The first-order valence-corrected chi connectivity index (χ1v) is 10.6. The predicted octanol–water partition coefficient (Wildman–Crippen LogP) is 5.20. The lowest BCUT2D eigenvalue weighted by Crippen LogP contribution is -2.54. The van der Waals surface area contributed by atoms with E-state index in [0.29, 0.717) is 28.0 Å². The molecule has 31 heavy (non-hydrogen) atoms. The third-order valence-corrected chi connectivity index (χ3v) is 6.06. The van der Waals surface area contributed by atoms with Gasteiger partial charge in [0, 0.05) is 10.0 Å². The van der Waals surface area contributed by atoms with Gasteiger partial charge < -0.3 is 9.15 Å². The second-order valence-electron chi connectivity index (χ2n) is 6.46. The van der Waals surface area contributed by atoms with Gasteiger partial charge in [0.1, 0.15) is 22.8 Å². The highest BCUT2D eigenvalue weighted by molar-refractivity contribution is 9.10. The van der Waals surface area contributed by atoms with Crippen molar-refractivity contribution < 1.29 is 18.7 Å². The lowest BCUT2D eigenvalue weighted by molar-refractivity contribution is -0.122. The van der Waals surface area contributed by atoms with E-state index < -0.39 is 11.8 Å². The van der Waals surface area contributed by atoms with Crippen LogP contribution in [0.4, 0.5) is 5.69 Å². The lowest BCUT2D eigenvalue weighted by atomic mass is 10.1. The molecule has 1 aliphatic rings. The van der Waals surface area contributed by atoms with Crippen molar-refractivity contribution in [3.05, 3.63) is 75.4 Å². The van der Waals surface area contributed by atoms with Crippen LogP contribution in [0.2, 0.25) is 5.02 Å². The normalized spacial score (nSPS) is 15.4. The van der Waals surface area contributed by atoms with Gasteiger partial charge in [-0.05, 0) is 70.6 Å². The number of benzene rings is 2. The largest absolute Gasteiger partial charge is 0.495 e. The highest BCUT2D eigenvalue weighted by atomic mass is 79.9. The summed E-state index contributed by atoms with van der Waals surface area (Å²) in [5.41, 5.74) is 1.07. The maximum atomic E-state index is 13.2. The predicted molar refractivity (Wildman–Crippen MR) is 126 cm³/mol. The van der Waals surface area contributed by atoms with E-state index >= 15 is 0 Å². The SMILES string of the molecule is COc1ccccc1N1C(=O)/C(=C/c2ccc(-c3ccc(Br)c(Cl)c3)o2)C(=O)NC1=S. The van der Waals surface area contributed by atoms with Crippen molar-refractivity contribution in [1.29, 1.82) is 0 Å². The number of carbonyl (C=O) groups excluding carboxylic acids is 2.